The number of hydrogen-bond acceptors (Lipinski definition) is 6. The SMILES string of the molecule is Cc1cc(OC(=O)C(C)(C)C)cc(C=NC2CCCCC2NC(=S)N[C@H](C(=O)NCc2ccccc2)C(C)(C)C)c1O. The fourth-order valence-electron chi connectivity index (χ4n) is 4.73. The van der Waals surface area contributed by atoms with E-state index in [-0.39, 0.29) is 35.1 Å². The van der Waals surface area contributed by atoms with Crippen molar-refractivity contribution in [2.24, 2.45) is 15.8 Å². The van der Waals surface area contributed by atoms with Crippen LogP contribution in [-0.4, -0.2) is 46.4 Å². The zero-order chi connectivity index (χ0) is 31.1. The van der Waals surface area contributed by atoms with Crippen molar-refractivity contribution in [2.45, 2.75) is 98.8 Å². The zero-order valence-corrected chi connectivity index (χ0v) is 26.7. The number of aliphatic imine (C=N–C) groups is 1. The molecule has 9 heteroatoms. The van der Waals surface area contributed by atoms with Gasteiger partial charge in [0.1, 0.15) is 17.5 Å². The maximum atomic E-state index is 13.2. The van der Waals surface area contributed by atoms with Crippen molar-refractivity contribution >= 4 is 35.4 Å². The van der Waals surface area contributed by atoms with Gasteiger partial charge in [0.05, 0.1) is 17.5 Å². The fourth-order valence-corrected chi connectivity index (χ4v) is 5.00. The average molecular weight is 595 g/mol. The highest BCUT2D eigenvalue weighted by Crippen LogP contribution is 2.29. The molecule has 1 saturated carbocycles. The molecule has 228 valence electrons. The van der Waals surface area contributed by atoms with Crippen molar-refractivity contribution in [2.75, 3.05) is 0 Å². The van der Waals surface area contributed by atoms with Crippen LogP contribution in [0.25, 0.3) is 0 Å². The minimum atomic E-state index is -0.651. The van der Waals surface area contributed by atoms with E-state index in [9.17, 15) is 14.7 Å². The highest BCUT2D eigenvalue weighted by molar-refractivity contribution is 7.80. The van der Waals surface area contributed by atoms with E-state index in [0.717, 1.165) is 31.2 Å². The number of aromatic hydroxyl groups is 1. The molecule has 1 amide bonds. The van der Waals surface area contributed by atoms with E-state index in [1.165, 1.54) is 0 Å². The van der Waals surface area contributed by atoms with Crippen LogP contribution in [0.15, 0.2) is 47.5 Å². The summed E-state index contributed by atoms with van der Waals surface area (Å²) in [5.74, 6) is -0.00238. The molecule has 0 spiro atoms. The summed E-state index contributed by atoms with van der Waals surface area (Å²) in [6.07, 6.45) is 5.44. The van der Waals surface area contributed by atoms with Gasteiger partial charge in [0.15, 0.2) is 5.11 Å². The van der Waals surface area contributed by atoms with Crippen molar-refractivity contribution < 1.29 is 19.4 Å². The van der Waals surface area contributed by atoms with E-state index < -0.39 is 11.5 Å². The van der Waals surface area contributed by atoms with Crippen LogP contribution in [0.3, 0.4) is 0 Å². The van der Waals surface area contributed by atoms with Gasteiger partial charge in [0.25, 0.3) is 0 Å². The van der Waals surface area contributed by atoms with Gasteiger partial charge in [0.2, 0.25) is 5.91 Å². The molecule has 2 unspecified atom stereocenters. The quantitative estimate of drug-likeness (QED) is 0.137. The highest BCUT2D eigenvalue weighted by atomic mass is 32.1. The third-order valence-corrected chi connectivity index (χ3v) is 7.53. The van der Waals surface area contributed by atoms with Crippen LogP contribution >= 0.6 is 12.2 Å². The number of hydrogen-bond donors (Lipinski definition) is 4. The predicted octanol–water partition coefficient (Wildman–Crippen LogP) is 5.58. The Balaban J connectivity index is 1.69. The molecule has 2 aromatic carbocycles. The second-order valence-electron chi connectivity index (χ2n) is 13.2. The van der Waals surface area contributed by atoms with E-state index in [4.69, 9.17) is 21.9 Å². The zero-order valence-electron chi connectivity index (χ0n) is 25.9. The second-order valence-corrected chi connectivity index (χ2v) is 13.6. The standard InChI is InChI=1S/C33H46N4O4S/c1-21-17-24(41-30(40)33(5,6)7)18-23(27(21)38)20-34-25-15-11-12-16-26(25)36-31(42)37-28(32(2,3)4)29(39)35-19-22-13-9-8-10-14-22/h8-10,13-14,17-18,20,25-26,28,38H,11-12,15-16,19H2,1-7H3,(H,35,39)(H2,36,37,42)/t25?,26?,28-/m1/s1. The van der Waals surface area contributed by atoms with Crippen LogP contribution in [0.1, 0.15) is 83.9 Å². The van der Waals surface area contributed by atoms with E-state index in [0.29, 0.717) is 28.5 Å². The lowest BCUT2D eigenvalue weighted by Crippen LogP contribution is -2.58. The largest absolute Gasteiger partial charge is 0.507 e. The number of thiocarbonyl (C=S) groups is 1. The fraction of sp³-hybridized carbons (Fsp3) is 0.515. The summed E-state index contributed by atoms with van der Waals surface area (Å²) < 4.78 is 5.56. The van der Waals surface area contributed by atoms with Crippen molar-refractivity contribution in [3.05, 3.63) is 59.2 Å². The van der Waals surface area contributed by atoms with Crippen molar-refractivity contribution in [3.8, 4) is 11.5 Å². The van der Waals surface area contributed by atoms with Gasteiger partial charge in [-0.2, -0.15) is 0 Å². The number of carbonyl (C=O) groups is 2. The van der Waals surface area contributed by atoms with Crippen molar-refractivity contribution in [1.82, 2.24) is 16.0 Å². The lowest BCUT2D eigenvalue weighted by Gasteiger charge is -2.34. The summed E-state index contributed by atoms with van der Waals surface area (Å²) in [7, 11) is 0. The maximum absolute atomic E-state index is 13.2. The molecule has 0 radical (unpaired) electrons. The number of amides is 1. The first-order valence-corrected chi connectivity index (χ1v) is 15.0. The van der Waals surface area contributed by atoms with Gasteiger partial charge in [-0.3, -0.25) is 14.6 Å². The first kappa shape index (κ1) is 33.0. The molecule has 42 heavy (non-hydrogen) atoms. The van der Waals surface area contributed by atoms with Crippen LogP contribution in [0.4, 0.5) is 0 Å². The molecule has 1 fully saturated rings. The van der Waals surface area contributed by atoms with Gasteiger partial charge < -0.3 is 25.8 Å². The molecule has 1 aliphatic rings. The molecular weight excluding hydrogens is 548 g/mol. The van der Waals surface area contributed by atoms with Crippen LogP contribution < -0.4 is 20.7 Å². The van der Waals surface area contributed by atoms with E-state index in [1.54, 1.807) is 46.0 Å². The number of phenolic OH excluding ortho intramolecular Hbond substituents is 1. The van der Waals surface area contributed by atoms with Crippen LogP contribution in [0, 0.1) is 17.8 Å². The van der Waals surface area contributed by atoms with E-state index >= 15 is 0 Å². The molecule has 1 aliphatic carbocycles. The topological polar surface area (TPSA) is 112 Å². The first-order valence-electron chi connectivity index (χ1n) is 14.6. The summed E-state index contributed by atoms with van der Waals surface area (Å²) in [5, 5.41) is 20.8. The Morgan fingerprint density at radius 3 is 2.40 bits per heavy atom. The van der Waals surface area contributed by atoms with Gasteiger partial charge in [-0.1, -0.05) is 63.9 Å². The molecule has 0 aliphatic heterocycles. The summed E-state index contributed by atoms with van der Waals surface area (Å²) in [4.78, 5) is 30.4. The highest BCUT2D eigenvalue weighted by Gasteiger charge is 2.33. The second kappa shape index (κ2) is 14.1. The molecule has 4 N–H and O–H groups in total. The molecule has 3 atom stereocenters. The Bertz CT molecular complexity index is 1280. The normalized spacial score (nSPS) is 18.3. The predicted molar refractivity (Wildman–Crippen MR) is 172 cm³/mol. The number of carbonyl (C=O) groups excluding carboxylic acids is 2. The van der Waals surface area contributed by atoms with Crippen molar-refractivity contribution in [3.63, 3.8) is 0 Å². The molecular formula is C33H46N4O4S. The number of phenols is 1. The lowest BCUT2D eigenvalue weighted by molar-refractivity contribution is -0.143. The summed E-state index contributed by atoms with van der Waals surface area (Å²) >= 11 is 5.69. The smallest absolute Gasteiger partial charge is 0.316 e. The summed E-state index contributed by atoms with van der Waals surface area (Å²) in [5.41, 5.74) is 1.08. The summed E-state index contributed by atoms with van der Waals surface area (Å²) in [6.45, 7) is 13.6. The number of ether oxygens (including phenoxy) is 1. The Morgan fingerprint density at radius 2 is 1.76 bits per heavy atom. The molecule has 0 aromatic heterocycles. The monoisotopic (exact) mass is 594 g/mol. The van der Waals surface area contributed by atoms with Crippen LogP contribution in [0.2, 0.25) is 0 Å². The Morgan fingerprint density at radius 1 is 1.10 bits per heavy atom. The molecule has 0 heterocycles. The van der Waals surface area contributed by atoms with Crippen LogP contribution in [0.5, 0.6) is 11.5 Å². The average Bonchev–Trinajstić information content (AvgIpc) is 2.91. The van der Waals surface area contributed by atoms with E-state index in [1.807, 2.05) is 51.1 Å². The molecule has 0 saturated heterocycles. The Kier molecular flexibility index (Phi) is 11.1. The Hall–Kier alpha value is -3.46. The first-order chi connectivity index (χ1) is 19.6. The molecule has 2 aromatic rings. The number of nitrogens with one attached hydrogen (secondary N) is 3. The van der Waals surface area contributed by atoms with Gasteiger partial charge in [-0.05, 0) is 81.4 Å². The minimum absolute atomic E-state index is 0.0341. The van der Waals surface area contributed by atoms with E-state index in [2.05, 4.69) is 16.0 Å². The maximum Gasteiger partial charge on any atom is 0.316 e. The van der Waals surface area contributed by atoms with Gasteiger partial charge >= 0.3 is 5.97 Å². The molecule has 8 nitrogen and oxygen atoms in total. The number of rotatable bonds is 8. The van der Waals surface area contributed by atoms with Gasteiger partial charge in [-0.15, -0.1) is 0 Å². The number of nitrogens with zero attached hydrogens (tertiary/aromatic N) is 1. The number of benzene rings is 2. The lowest BCUT2D eigenvalue weighted by atomic mass is 9.86. The third-order valence-electron chi connectivity index (χ3n) is 7.29. The Labute approximate surface area is 255 Å². The van der Waals surface area contributed by atoms with Crippen LogP contribution in [-0.2, 0) is 16.1 Å². The van der Waals surface area contributed by atoms with Gasteiger partial charge in [-0.25, -0.2) is 0 Å². The summed E-state index contributed by atoms with van der Waals surface area (Å²) in [6, 6.07) is 12.4. The number of aryl methyl sites for hydroxylation is 1. The third kappa shape index (κ3) is 9.54. The molecule has 0 bridgehead atoms. The van der Waals surface area contributed by atoms with Crippen molar-refractivity contribution in [1.29, 1.82) is 0 Å². The minimum Gasteiger partial charge on any atom is -0.507 e. The number of esters is 1. The molecule has 3 rings (SSSR count). The van der Waals surface area contributed by atoms with Gasteiger partial charge in [0, 0.05) is 18.3 Å².